The third kappa shape index (κ3) is 3.46. The normalized spacial score (nSPS) is 25.3. The van der Waals surface area contributed by atoms with Crippen LogP contribution in [-0.2, 0) is 4.74 Å². The van der Waals surface area contributed by atoms with Gasteiger partial charge in [0.1, 0.15) is 0 Å². The second-order valence-corrected chi connectivity index (χ2v) is 5.40. The van der Waals surface area contributed by atoms with Crippen LogP contribution in [0.1, 0.15) is 58.3 Å². The van der Waals surface area contributed by atoms with Gasteiger partial charge in [-0.2, -0.15) is 0 Å². The number of hydrogen-bond donors (Lipinski definition) is 0. The summed E-state index contributed by atoms with van der Waals surface area (Å²) < 4.78 is 5.91. The molecule has 2 heteroatoms. The Bertz CT molecular complexity index is 181. The van der Waals surface area contributed by atoms with E-state index in [0.29, 0.717) is 6.10 Å². The van der Waals surface area contributed by atoms with Gasteiger partial charge in [0.15, 0.2) is 0 Å². The molecule has 1 saturated heterocycles. The highest BCUT2D eigenvalue weighted by Gasteiger charge is 2.27. The molecule has 1 aliphatic carbocycles. The summed E-state index contributed by atoms with van der Waals surface area (Å²) in [5.41, 5.74) is 0. The van der Waals surface area contributed by atoms with E-state index in [1.807, 2.05) is 0 Å². The Hall–Kier alpha value is -0.0800. The van der Waals surface area contributed by atoms with Crippen LogP contribution in [0.3, 0.4) is 0 Å². The molecule has 0 aromatic carbocycles. The number of rotatable bonds is 5. The van der Waals surface area contributed by atoms with E-state index in [4.69, 9.17) is 4.74 Å². The molecule has 1 aliphatic heterocycles. The number of piperidine rings is 1. The summed E-state index contributed by atoms with van der Waals surface area (Å²) in [7, 11) is 0. The molecular weight excluding hydrogens is 198 g/mol. The van der Waals surface area contributed by atoms with Crippen molar-refractivity contribution in [3.63, 3.8) is 0 Å². The van der Waals surface area contributed by atoms with Gasteiger partial charge < -0.3 is 9.64 Å². The van der Waals surface area contributed by atoms with Crippen molar-refractivity contribution in [3.05, 3.63) is 0 Å². The Morgan fingerprint density at radius 2 is 1.75 bits per heavy atom. The van der Waals surface area contributed by atoms with Crippen LogP contribution in [0.25, 0.3) is 0 Å². The second-order valence-electron chi connectivity index (χ2n) is 5.40. The van der Waals surface area contributed by atoms with Gasteiger partial charge in [0, 0.05) is 25.7 Å². The molecule has 1 saturated carbocycles. The average molecular weight is 225 g/mol. The molecule has 0 atom stereocenters. The predicted molar refractivity (Wildman–Crippen MR) is 67.7 cm³/mol. The van der Waals surface area contributed by atoms with Crippen LogP contribution >= 0.6 is 0 Å². The zero-order valence-electron chi connectivity index (χ0n) is 10.8. The molecule has 0 N–H and O–H groups in total. The van der Waals surface area contributed by atoms with Crippen LogP contribution in [0, 0.1) is 0 Å². The third-order valence-corrected chi connectivity index (χ3v) is 4.17. The van der Waals surface area contributed by atoms with Gasteiger partial charge in [-0.1, -0.05) is 26.2 Å². The van der Waals surface area contributed by atoms with Crippen molar-refractivity contribution in [2.45, 2.75) is 70.4 Å². The van der Waals surface area contributed by atoms with E-state index in [9.17, 15) is 0 Å². The average Bonchev–Trinajstić information content (AvgIpc) is 2.84. The molecule has 2 aliphatic rings. The first-order chi connectivity index (χ1) is 7.90. The van der Waals surface area contributed by atoms with Gasteiger partial charge in [-0.15, -0.1) is 0 Å². The summed E-state index contributed by atoms with van der Waals surface area (Å²) in [6.45, 7) is 5.76. The van der Waals surface area contributed by atoms with Gasteiger partial charge in [-0.05, 0) is 32.1 Å². The fourth-order valence-electron chi connectivity index (χ4n) is 3.07. The molecule has 16 heavy (non-hydrogen) atoms. The molecule has 0 aromatic heterocycles. The molecule has 0 spiro atoms. The van der Waals surface area contributed by atoms with E-state index in [1.165, 1.54) is 64.5 Å². The summed E-state index contributed by atoms with van der Waals surface area (Å²) in [5, 5.41) is 0. The number of ether oxygens (including phenoxy) is 1. The Morgan fingerprint density at radius 1 is 1.06 bits per heavy atom. The zero-order valence-corrected chi connectivity index (χ0v) is 10.8. The van der Waals surface area contributed by atoms with E-state index in [2.05, 4.69) is 11.8 Å². The molecule has 0 bridgehead atoms. The lowest BCUT2D eigenvalue weighted by molar-refractivity contribution is -0.00232. The molecule has 2 nitrogen and oxygen atoms in total. The maximum atomic E-state index is 5.91. The minimum Gasteiger partial charge on any atom is -0.378 e. The molecule has 1 heterocycles. The fraction of sp³-hybridized carbons (Fsp3) is 1.00. The molecular formula is C14H27NO. The van der Waals surface area contributed by atoms with E-state index in [0.717, 1.165) is 12.6 Å². The van der Waals surface area contributed by atoms with Crippen molar-refractivity contribution < 1.29 is 4.74 Å². The monoisotopic (exact) mass is 225 g/mol. The lowest BCUT2D eigenvalue weighted by Crippen LogP contribution is -2.42. The highest BCUT2D eigenvalue weighted by molar-refractivity contribution is 4.82. The van der Waals surface area contributed by atoms with Gasteiger partial charge in [0.05, 0.1) is 6.10 Å². The summed E-state index contributed by atoms with van der Waals surface area (Å²) in [5.74, 6) is 0. The maximum Gasteiger partial charge on any atom is 0.0599 e. The molecule has 2 rings (SSSR count). The molecule has 0 aromatic rings. The number of hydrogen-bond acceptors (Lipinski definition) is 2. The molecule has 2 fully saturated rings. The van der Waals surface area contributed by atoms with Crippen LogP contribution < -0.4 is 0 Å². The SMILES string of the molecule is CCCCOC1CCN(C2CCCC2)CC1. The minimum atomic E-state index is 0.559. The Kier molecular flexibility index (Phi) is 5.11. The summed E-state index contributed by atoms with van der Waals surface area (Å²) >= 11 is 0. The lowest BCUT2D eigenvalue weighted by atomic mass is 10.0. The number of likely N-dealkylation sites (tertiary alicyclic amines) is 1. The van der Waals surface area contributed by atoms with Crippen molar-refractivity contribution in [3.8, 4) is 0 Å². The van der Waals surface area contributed by atoms with E-state index in [1.54, 1.807) is 0 Å². The number of nitrogens with zero attached hydrogens (tertiary/aromatic N) is 1. The first-order valence-electron chi connectivity index (χ1n) is 7.26. The van der Waals surface area contributed by atoms with Gasteiger partial charge in [-0.25, -0.2) is 0 Å². The summed E-state index contributed by atoms with van der Waals surface area (Å²) in [4.78, 5) is 2.71. The smallest absolute Gasteiger partial charge is 0.0599 e. The van der Waals surface area contributed by atoms with Crippen molar-refractivity contribution in [1.82, 2.24) is 4.90 Å². The Labute approximate surface area is 100 Å². The van der Waals surface area contributed by atoms with Crippen molar-refractivity contribution in [1.29, 1.82) is 0 Å². The quantitative estimate of drug-likeness (QED) is 0.666. The van der Waals surface area contributed by atoms with Crippen molar-refractivity contribution >= 4 is 0 Å². The van der Waals surface area contributed by atoms with Gasteiger partial charge in [0.25, 0.3) is 0 Å². The standard InChI is InChI=1S/C14H27NO/c1-2-3-12-16-14-8-10-15(11-9-14)13-6-4-5-7-13/h13-14H,2-12H2,1H3. The second kappa shape index (κ2) is 6.61. The third-order valence-electron chi connectivity index (χ3n) is 4.17. The van der Waals surface area contributed by atoms with E-state index < -0.39 is 0 Å². The van der Waals surface area contributed by atoms with Crippen LogP contribution in [0.2, 0.25) is 0 Å². The molecule has 0 amide bonds. The van der Waals surface area contributed by atoms with Crippen molar-refractivity contribution in [2.75, 3.05) is 19.7 Å². The Morgan fingerprint density at radius 3 is 2.38 bits per heavy atom. The number of unbranched alkanes of at least 4 members (excludes halogenated alkanes) is 1. The van der Waals surface area contributed by atoms with E-state index in [-0.39, 0.29) is 0 Å². The highest BCUT2D eigenvalue weighted by atomic mass is 16.5. The maximum absolute atomic E-state index is 5.91. The van der Waals surface area contributed by atoms with E-state index >= 15 is 0 Å². The lowest BCUT2D eigenvalue weighted by Gasteiger charge is -2.35. The van der Waals surface area contributed by atoms with Crippen LogP contribution in [0.15, 0.2) is 0 Å². The van der Waals surface area contributed by atoms with Crippen LogP contribution in [0.4, 0.5) is 0 Å². The molecule has 0 unspecified atom stereocenters. The minimum absolute atomic E-state index is 0.559. The molecule has 94 valence electrons. The van der Waals surface area contributed by atoms with Crippen LogP contribution in [-0.4, -0.2) is 36.7 Å². The van der Waals surface area contributed by atoms with Crippen molar-refractivity contribution in [2.24, 2.45) is 0 Å². The summed E-state index contributed by atoms with van der Waals surface area (Å²) in [6.07, 6.45) is 11.4. The Balaban J connectivity index is 1.62. The largest absolute Gasteiger partial charge is 0.378 e. The van der Waals surface area contributed by atoms with Gasteiger partial charge in [0.2, 0.25) is 0 Å². The fourth-order valence-corrected chi connectivity index (χ4v) is 3.07. The topological polar surface area (TPSA) is 12.5 Å². The van der Waals surface area contributed by atoms with Crippen LogP contribution in [0.5, 0.6) is 0 Å². The molecule has 0 radical (unpaired) electrons. The summed E-state index contributed by atoms with van der Waals surface area (Å²) in [6, 6.07) is 0.914. The van der Waals surface area contributed by atoms with Gasteiger partial charge >= 0.3 is 0 Å². The van der Waals surface area contributed by atoms with Gasteiger partial charge in [-0.3, -0.25) is 0 Å². The first kappa shape index (κ1) is 12.4. The highest BCUT2D eigenvalue weighted by Crippen LogP contribution is 2.26. The first-order valence-corrected chi connectivity index (χ1v) is 7.26. The zero-order chi connectivity index (χ0) is 11.2. The predicted octanol–water partition coefficient (Wildman–Crippen LogP) is 3.21.